The Balaban J connectivity index is 2.00. The van der Waals surface area contributed by atoms with E-state index in [1.807, 2.05) is 36.1 Å². The van der Waals surface area contributed by atoms with Crippen LogP contribution in [0.25, 0.3) is 0 Å². The summed E-state index contributed by atoms with van der Waals surface area (Å²) in [5.74, 6) is -2.38. The van der Waals surface area contributed by atoms with Crippen LogP contribution >= 0.6 is 0 Å². The van der Waals surface area contributed by atoms with Crippen molar-refractivity contribution in [3.05, 3.63) is 35.4 Å². The van der Waals surface area contributed by atoms with Crippen LogP contribution in [0.3, 0.4) is 0 Å². The minimum absolute atomic E-state index is 0.0296. The first-order valence-corrected chi connectivity index (χ1v) is 6.37. The summed E-state index contributed by atoms with van der Waals surface area (Å²) in [5.41, 5.74) is 8.11. The molecule has 0 saturated carbocycles. The molecule has 1 fully saturated rings. The van der Waals surface area contributed by atoms with Crippen LogP contribution in [0.1, 0.15) is 23.5 Å². The highest BCUT2D eigenvalue weighted by atomic mass is 19.3. The van der Waals surface area contributed by atoms with E-state index < -0.39 is 5.92 Å². The van der Waals surface area contributed by atoms with Gasteiger partial charge in [0, 0.05) is 32.0 Å². The summed E-state index contributed by atoms with van der Waals surface area (Å²) in [6.45, 7) is 3.48. The number of hydrogen-bond acceptors (Lipinski definition) is 2. The van der Waals surface area contributed by atoms with Gasteiger partial charge in [0.2, 0.25) is 0 Å². The number of halogens is 2. The fourth-order valence-corrected chi connectivity index (χ4v) is 2.43. The fourth-order valence-electron chi connectivity index (χ4n) is 2.43. The maximum absolute atomic E-state index is 13.1. The average molecular weight is 254 g/mol. The van der Waals surface area contributed by atoms with Crippen molar-refractivity contribution in [3.63, 3.8) is 0 Å². The molecule has 1 aromatic rings. The summed E-state index contributed by atoms with van der Waals surface area (Å²) < 4.78 is 26.3. The van der Waals surface area contributed by atoms with E-state index in [9.17, 15) is 8.78 Å². The first-order valence-electron chi connectivity index (χ1n) is 6.37. The van der Waals surface area contributed by atoms with Gasteiger partial charge in [-0.15, -0.1) is 0 Å². The molecular weight excluding hydrogens is 234 g/mol. The molecule has 100 valence electrons. The maximum atomic E-state index is 13.1. The van der Waals surface area contributed by atoms with Crippen LogP contribution in [0.15, 0.2) is 24.3 Å². The molecule has 1 saturated heterocycles. The lowest BCUT2D eigenvalue weighted by Gasteiger charge is -2.23. The Morgan fingerprint density at radius 3 is 2.50 bits per heavy atom. The normalized spacial score (nSPS) is 21.1. The molecule has 2 rings (SSSR count). The fraction of sp³-hybridized carbons (Fsp3) is 0.571. The predicted octanol–water partition coefficient (Wildman–Crippen LogP) is 2.38. The van der Waals surface area contributed by atoms with Crippen LogP contribution in [0, 0.1) is 6.92 Å². The minimum atomic E-state index is -2.52. The summed E-state index contributed by atoms with van der Waals surface area (Å²) in [6.07, 6.45) is -0.0296. The van der Waals surface area contributed by atoms with Gasteiger partial charge in [0.15, 0.2) is 0 Å². The number of nitrogens with zero attached hydrogens (tertiary/aromatic N) is 1. The first kappa shape index (κ1) is 13.4. The van der Waals surface area contributed by atoms with Crippen molar-refractivity contribution in [1.82, 2.24) is 4.90 Å². The third-order valence-corrected chi connectivity index (χ3v) is 3.56. The summed E-state index contributed by atoms with van der Waals surface area (Å²) in [7, 11) is 0. The second kappa shape index (κ2) is 5.33. The highest BCUT2D eigenvalue weighted by Crippen LogP contribution is 2.28. The number of likely N-dealkylation sites (tertiary alicyclic amines) is 1. The molecular formula is C14H20F2N2. The number of aryl methyl sites for hydroxylation is 1. The Labute approximate surface area is 107 Å². The lowest BCUT2D eigenvalue weighted by Crippen LogP contribution is -2.32. The number of rotatable bonds is 4. The molecule has 2 N–H and O–H groups in total. The molecule has 1 aliphatic rings. The van der Waals surface area contributed by atoms with E-state index in [2.05, 4.69) is 0 Å². The molecule has 0 amide bonds. The number of benzene rings is 1. The van der Waals surface area contributed by atoms with E-state index in [1.54, 1.807) is 0 Å². The lowest BCUT2D eigenvalue weighted by molar-refractivity contribution is 0.0118. The zero-order valence-corrected chi connectivity index (χ0v) is 10.7. The first-order chi connectivity index (χ1) is 8.50. The van der Waals surface area contributed by atoms with Gasteiger partial charge in [-0.2, -0.15) is 0 Å². The molecule has 1 atom stereocenters. The SMILES string of the molecule is Cc1ccc(C(CN)CN2CCC(F)(F)C2)cc1. The van der Waals surface area contributed by atoms with Gasteiger partial charge in [0.05, 0.1) is 6.54 Å². The van der Waals surface area contributed by atoms with Crippen molar-refractivity contribution in [2.24, 2.45) is 5.73 Å². The van der Waals surface area contributed by atoms with Crippen molar-refractivity contribution in [3.8, 4) is 0 Å². The highest BCUT2D eigenvalue weighted by Gasteiger charge is 2.38. The summed E-state index contributed by atoms with van der Waals surface area (Å²) >= 11 is 0. The van der Waals surface area contributed by atoms with Crippen LogP contribution < -0.4 is 5.73 Å². The monoisotopic (exact) mass is 254 g/mol. The van der Waals surface area contributed by atoms with Crippen molar-refractivity contribution < 1.29 is 8.78 Å². The molecule has 1 unspecified atom stereocenters. The summed E-state index contributed by atoms with van der Waals surface area (Å²) in [6, 6.07) is 8.16. The molecule has 0 spiro atoms. The maximum Gasteiger partial charge on any atom is 0.261 e. The van der Waals surface area contributed by atoms with Gasteiger partial charge in [-0.3, -0.25) is 4.90 Å². The Bertz CT molecular complexity index is 389. The third-order valence-electron chi connectivity index (χ3n) is 3.56. The number of nitrogens with two attached hydrogens (primary N) is 1. The zero-order valence-electron chi connectivity index (χ0n) is 10.7. The van der Waals surface area contributed by atoms with Crippen LogP contribution in [0.5, 0.6) is 0 Å². The van der Waals surface area contributed by atoms with Crippen molar-refractivity contribution in [2.45, 2.75) is 25.2 Å². The largest absolute Gasteiger partial charge is 0.330 e. The van der Waals surface area contributed by atoms with E-state index >= 15 is 0 Å². The summed E-state index contributed by atoms with van der Waals surface area (Å²) in [4.78, 5) is 1.82. The van der Waals surface area contributed by atoms with E-state index in [0.717, 1.165) is 5.56 Å². The van der Waals surface area contributed by atoms with Gasteiger partial charge in [0.1, 0.15) is 0 Å². The number of alkyl halides is 2. The van der Waals surface area contributed by atoms with E-state index in [4.69, 9.17) is 5.73 Å². The van der Waals surface area contributed by atoms with Gasteiger partial charge in [-0.1, -0.05) is 29.8 Å². The molecule has 2 nitrogen and oxygen atoms in total. The van der Waals surface area contributed by atoms with E-state index in [-0.39, 0.29) is 18.9 Å². The molecule has 0 radical (unpaired) electrons. The molecule has 1 heterocycles. The minimum Gasteiger partial charge on any atom is -0.330 e. The van der Waals surface area contributed by atoms with Crippen molar-refractivity contribution >= 4 is 0 Å². The van der Waals surface area contributed by atoms with Gasteiger partial charge < -0.3 is 5.73 Å². The van der Waals surface area contributed by atoms with Crippen LogP contribution in [0.2, 0.25) is 0 Å². The highest BCUT2D eigenvalue weighted by molar-refractivity contribution is 5.25. The standard InChI is InChI=1S/C14H20F2N2/c1-11-2-4-12(5-3-11)13(8-17)9-18-7-6-14(15,16)10-18/h2-5,13H,6-10,17H2,1H3. The molecule has 0 aromatic heterocycles. The van der Waals surface area contributed by atoms with Gasteiger partial charge in [-0.05, 0) is 12.5 Å². The van der Waals surface area contributed by atoms with Crippen LogP contribution in [0.4, 0.5) is 8.78 Å². The number of hydrogen-bond donors (Lipinski definition) is 1. The third kappa shape index (κ3) is 3.27. The van der Waals surface area contributed by atoms with Crippen molar-refractivity contribution in [2.75, 3.05) is 26.2 Å². The average Bonchev–Trinajstić information content (AvgIpc) is 2.67. The van der Waals surface area contributed by atoms with Gasteiger partial charge in [-0.25, -0.2) is 8.78 Å². The Kier molecular flexibility index (Phi) is 3.97. The molecule has 18 heavy (non-hydrogen) atoms. The van der Waals surface area contributed by atoms with Gasteiger partial charge in [0.25, 0.3) is 5.92 Å². The topological polar surface area (TPSA) is 29.3 Å². The zero-order chi connectivity index (χ0) is 13.2. The van der Waals surface area contributed by atoms with E-state index in [0.29, 0.717) is 19.6 Å². The molecule has 4 heteroatoms. The van der Waals surface area contributed by atoms with Gasteiger partial charge >= 0.3 is 0 Å². The summed E-state index contributed by atoms with van der Waals surface area (Å²) in [5, 5.41) is 0. The van der Waals surface area contributed by atoms with Crippen LogP contribution in [-0.2, 0) is 0 Å². The molecule has 0 bridgehead atoms. The Morgan fingerprint density at radius 1 is 1.33 bits per heavy atom. The lowest BCUT2D eigenvalue weighted by atomic mass is 9.98. The quantitative estimate of drug-likeness (QED) is 0.894. The van der Waals surface area contributed by atoms with Crippen molar-refractivity contribution in [1.29, 1.82) is 0 Å². The second-order valence-electron chi connectivity index (χ2n) is 5.18. The smallest absolute Gasteiger partial charge is 0.261 e. The molecule has 1 aromatic carbocycles. The van der Waals surface area contributed by atoms with E-state index in [1.165, 1.54) is 5.56 Å². The molecule has 1 aliphatic heterocycles. The van der Waals surface area contributed by atoms with Crippen LogP contribution in [-0.4, -0.2) is 37.0 Å². The molecule has 0 aliphatic carbocycles. The Hall–Kier alpha value is -1.00. The Morgan fingerprint density at radius 2 is 2.00 bits per heavy atom. The predicted molar refractivity (Wildman–Crippen MR) is 69.0 cm³/mol. The second-order valence-corrected chi connectivity index (χ2v) is 5.18.